The van der Waals surface area contributed by atoms with Crippen LogP contribution in [0.4, 0.5) is 5.95 Å². The number of carbonyl (C=O) groups excluding carboxylic acids is 2. The highest BCUT2D eigenvalue weighted by atomic mass is 79.9. The van der Waals surface area contributed by atoms with E-state index in [1.54, 1.807) is 18.2 Å². The molecule has 1 aliphatic heterocycles. The van der Waals surface area contributed by atoms with Crippen LogP contribution in [0.15, 0.2) is 77.3 Å². The van der Waals surface area contributed by atoms with Crippen molar-refractivity contribution in [1.82, 2.24) is 15.2 Å². The Bertz CT molecular complexity index is 1300. The molecule has 0 saturated carbocycles. The van der Waals surface area contributed by atoms with Crippen molar-refractivity contribution in [3.63, 3.8) is 0 Å². The second-order valence-corrected chi connectivity index (χ2v) is 8.27. The number of benzene rings is 3. The number of esters is 1. The van der Waals surface area contributed by atoms with E-state index in [1.807, 2.05) is 54.6 Å². The van der Waals surface area contributed by atoms with Gasteiger partial charge in [0.25, 0.3) is 5.91 Å². The third kappa shape index (κ3) is 4.04. The number of fused-ring (bicyclic) bond motifs is 1. The highest BCUT2D eigenvalue weighted by molar-refractivity contribution is 9.10. The Morgan fingerprint density at radius 2 is 1.84 bits per heavy atom. The standard InChI is InChI=1S/C24H17BrN4O3/c25-18-9-6-15(7-10-18)21-26-24(29-28-21)27-22(30)16-8-11-19-17(12-16)13-20(32-23(19)31)14-4-2-1-3-5-14/h1-12,20H,13H2,(H2,26,27,28,29,30). The number of aromatic amines is 1. The van der Waals surface area contributed by atoms with E-state index >= 15 is 0 Å². The van der Waals surface area contributed by atoms with Gasteiger partial charge in [-0.2, -0.15) is 4.98 Å². The van der Waals surface area contributed by atoms with Crippen LogP contribution in [-0.4, -0.2) is 27.1 Å². The van der Waals surface area contributed by atoms with E-state index in [0.29, 0.717) is 23.4 Å². The number of hydrogen-bond donors (Lipinski definition) is 2. The van der Waals surface area contributed by atoms with Gasteiger partial charge in [-0.25, -0.2) is 4.79 Å². The molecule has 5 rings (SSSR count). The fraction of sp³-hybridized carbons (Fsp3) is 0.0833. The van der Waals surface area contributed by atoms with Crippen molar-refractivity contribution in [2.45, 2.75) is 12.5 Å². The van der Waals surface area contributed by atoms with Crippen LogP contribution in [0, 0.1) is 0 Å². The molecule has 0 fully saturated rings. The zero-order valence-corrected chi connectivity index (χ0v) is 18.3. The first-order valence-electron chi connectivity index (χ1n) is 9.95. The van der Waals surface area contributed by atoms with Crippen molar-refractivity contribution in [2.24, 2.45) is 0 Å². The molecular weight excluding hydrogens is 472 g/mol. The lowest BCUT2D eigenvalue weighted by Crippen LogP contribution is -2.23. The summed E-state index contributed by atoms with van der Waals surface area (Å²) < 4.78 is 6.54. The van der Waals surface area contributed by atoms with Gasteiger partial charge >= 0.3 is 5.97 Å². The molecule has 1 amide bonds. The Kier molecular flexibility index (Phi) is 5.28. The average Bonchev–Trinajstić information content (AvgIpc) is 3.28. The van der Waals surface area contributed by atoms with Crippen LogP contribution in [0.1, 0.15) is 37.9 Å². The molecule has 0 bridgehead atoms. The van der Waals surface area contributed by atoms with E-state index in [9.17, 15) is 9.59 Å². The van der Waals surface area contributed by atoms with Crippen molar-refractivity contribution in [3.8, 4) is 11.4 Å². The number of carbonyl (C=O) groups is 2. The lowest BCUT2D eigenvalue weighted by Gasteiger charge is -2.25. The van der Waals surface area contributed by atoms with Crippen LogP contribution in [0.3, 0.4) is 0 Å². The van der Waals surface area contributed by atoms with Crippen LogP contribution >= 0.6 is 15.9 Å². The number of rotatable bonds is 4. The highest BCUT2D eigenvalue weighted by Gasteiger charge is 2.28. The number of anilines is 1. The molecule has 1 aliphatic rings. The van der Waals surface area contributed by atoms with Crippen LogP contribution in [-0.2, 0) is 11.2 Å². The summed E-state index contributed by atoms with van der Waals surface area (Å²) in [4.78, 5) is 29.6. The summed E-state index contributed by atoms with van der Waals surface area (Å²) >= 11 is 3.40. The van der Waals surface area contributed by atoms with E-state index in [1.165, 1.54) is 0 Å². The normalized spacial score (nSPS) is 15.0. The molecule has 7 nitrogen and oxygen atoms in total. The molecule has 8 heteroatoms. The van der Waals surface area contributed by atoms with E-state index in [0.717, 1.165) is 21.2 Å². The number of nitrogens with zero attached hydrogens (tertiary/aromatic N) is 2. The predicted octanol–water partition coefficient (Wildman–Crippen LogP) is 4.94. The Hall–Kier alpha value is -3.78. The quantitative estimate of drug-likeness (QED) is 0.396. The second-order valence-electron chi connectivity index (χ2n) is 7.35. The largest absolute Gasteiger partial charge is 0.454 e. The van der Waals surface area contributed by atoms with E-state index < -0.39 is 0 Å². The number of cyclic esters (lactones) is 1. The molecular formula is C24H17BrN4O3. The smallest absolute Gasteiger partial charge is 0.339 e. The molecule has 2 N–H and O–H groups in total. The monoisotopic (exact) mass is 488 g/mol. The van der Waals surface area contributed by atoms with Gasteiger partial charge in [0.15, 0.2) is 5.82 Å². The molecule has 3 aromatic carbocycles. The summed E-state index contributed by atoms with van der Waals surface area (Å²) in [6.07, 6.45) is 0.122. The van der Waals surface area contributed by atoms with Crippen LogP contribution in [0.2, 0.25) is 0 Å². The summed E-state index contributed by atoms with van der Waals surface area (Å²) in [5.74, 6) is -0.0246. The first kappa shape index (κ1) is 20.1. The van der Waals surface area contributed by atoms with E-state index in [2.05, 4.69) is 36.4 Å². The maximum Gasteiger partial charge on any atom is 0.339 e. The zero-order valence-electron chi connectivity index (χ0n) is 16.7. The van der Waals surface area contributed by atoms with Gasteiger partial charge in [-0.15, -0.1) is 5.10 Å². The van der Waals surface area contributed by atoms with Crippen LogP contribution in [0.25, 0.3) is 11.4 Å². The second kappa shape index (κ2) is 8.39. The molecule has 0 saturated heterocycles. The van der Waals surface area contributed by atoms with Crippen LogP contribution < -0.4 is 5.32 Å². The summed E-state index contributed by atoms with van der Waals surface area (Å²) in [5, 5.41) is 9.61. The number of aromatic nitrogens is 3. The zero-order chi connectivity index (χ0) is 22.1. The van der Waals surface area contributed by atoms with Gasteiger partial charge in [-0.3, -0.25) is 15.2 Å². The summed E-state index contributed by atoms with van der Waals surface area (Å²) in [5.41, 5.74) is 3.43. The molecule has 158 valence electrons. The summed E-state index contributed by atoms with van der Waals surface area (Å²) in [7, 11) is 0. The van der Waals surface area contributed by atoms with Gasteiger partial charge in [0.05, 0.1) is 5.56 Å². The fourth-order valence-electron chi connectivity index (χ4n) is 3.62. The van der Waals surface area contributed by atoms with E-state index in [-0.39, 0.29) is 23.9 Å². The Labute approximate surface area is 192 Å². The van der Waals surface area contributed by atoms with Gasteiger partial charge in [0, 0.05) is 22.0 Å². The Morgan fingerprint density at radius 3 is 2.62 bits per heavy atom. The highest BCUT2D eigenvalue weighted by Crippen LogP contribution is 2.31. The minimum atomic E-state index is -0.389. The van der Waals surface area contributed by atoms with Crippen LogP contribution in [0.5, 0.6) is 0 Å². The average molecular weight is 489 g/mol. The molecule has 1 atom stereocenters. The topological polar surface area (TPSA) is 97.0 Å². The molecule has 4 aromatic rings. The summed E-state index contributed by atoms with van der Waals surface area (Å²) in [6, 6.07) is 22.1. The van der Waals surface area contributed by atoms with Gasteiger partial charge in [-0.1, -0.05) is 58.4 Å². The maximum atomic E-state index is 12.8. The molecule has 1 unspecified atom stereocenters. The molecule has 2 heterocycles. The lowest BCUT2D eigenvalue weighted by atomic mass is 9.93. The summed E-state index contributed by atoms with van der Waals surface area (Å²) in [6.45, 7) is 0. The number of nitrogens with one attached hydrogen (secondary N) is 2. The number of halogens is 1. The van der Waals surface area contributed by atoms with E-state index in [4.69, 9.17) is 4.74 Å². The maximum absolute atomic E-state index is 12.8. The first-order chi connectivity index (χ1) is 15.6. The molecule has 0 aliphatic carbocycles. The van der Waals surface area contributed by atoms with Gasteiger partial charge in [-0.05, 0) is 41.5 Å². The van der Waals surface area contributed by atoms with Gasteiger partial charge in [0.2, 0.25) is 5.95 Å². The molecule has 1 aromatic heterocycles. The molecule has 0 spiro atoms. The predicted molar refractivity (Wildman–Crippen MR) is 122 cm³/mol. The van der Waals surface area contributed by atoms with Gasteiger partial charge < -0.3 is 4.74 Å². The van der Waals surface area contributed by atoms with Crippen molar-refractivity contribution in [3.05, 3.63) is 99.5 Å². The molecule has 32 heavy (non-hydrogen) atoms. The fourth-order valence-corrected chi connectivity index (χ4v) is 3.88. The number of ether oxygens (including phenoxy) is 1. The van der Waals surface area contributed by atoms with Crippen molar-refractivity contribution in [1.29, 1.82) is 0 Å². The lowest BCUT2D eigenvalue weighted by molar-refractivity contribution is 0.0252. The van der Waals surface area contributed by atoms with Crippen molar-refractivity contribution < 1.29 is 14.3 Å². The SMILES string of the molecule is O=C(Nc1n[nH]c(-c2ccc(Br)cc2)n1)c1ccc2c(c1)CC(c1ccccc1)OC2=O. The van der Waals surface area contributed by atoms with Crippen molar-refractivity contribution >= 4 is 33.8 Å². The minimum absolute atomic E-state index is 0.173. The third-order valence-corrected chi connectivity index (χ3v) is 5.77. The Morgan fingerprint density at radius 1 is 1.06 bits per heavy atom. The Balaban J connectivity index is 1.34. The third-order valence-electron chi connectivity index (χ3n) is 5.24. The first-order valence-corrected chi connectivity index (χ1v) is 10.7. The number of H-pyrrole nitrogens is 1. The minimum Gasteiger partial charge on any atom is -0.454 e. The number of hydrogen-bond acceptors (Lipinski definition) is 5. The molecule has 0 radical (unpaired) electrons. The van der Waals surface area contributed by atoms with Crippen molar-refractivity contribution in [2.75, 3.05) is 5.32 Å². The van der Waals surface area contributed by atoms with Gasteiger partial charge in [0.1, 0.15) is 6.10 Å². The number of amides is 1.